The molecule has 0 aliphatic heterocycles. The average Bonchev–Trinajstić information content (AvgIpc) is 2.82. The van der Waals surface area contributed by atoms with Gasteiger partial charge < -0.3 is 5.32 Å². The fourth-order valence-electron chi connectivity index (χ4n) is 1.69. The molecule has 0 spiro atoms. The van der Waals surface area contributed by atoms with Crippen molar-refractivity contribution in [3.63, 3.8) is 0 Å². The standard InChI is InChI=1S/C13H11N5S/c1-9-12(10-2-4-14-5-3-10)19-13(17-9)18-11-8-15-6-7-16-11/h2-8H,1H3,(H,16,17,18). The van der Waals surface area contributed by atoms with Crippen LogP contribution in [-0.4, -0.2) is 19.9 Å². The molecule has 5 nitrogen and oxygen atoms in total. The molecule has 0 fully saturated rings. The Morgan fingerprint density at radius 3 is 2.63 bits per heavy atom. The Morgan fingerprint density at radius 1 is 1.05 bits per heavy atom. The van der Waals surface area contributed by atoms with Gasteiger partial charge in [-0.25, -0.2) is 9.97 Å². The summed E-state index contributed by atoms with van der Waals surface area (Å²) in [6.07, 6.45) is 8.52. The molecule has 3 aromatic rings. The second-order valence-electron chi connectivity index (χ2n) is 3.89. The summed E-state index contributed by atoms with van der Waals surface area (Å²) in [6, 6.07) is 3.96. The number of aromatic nitrogens is 4. The maximum Gasteiger partial charge on any atom is 0.189 e. The first kappa shape index (κ1) is 11.7. The molecule has 0 aliphatic carbocycles. The number of nitrogens with zero attached hydrogens (tertiary/aromatic N) is 4. The highest BCUT2D eigenvalue weighted by atomic mass is 32.1. The van der Waals surface area contributed by atoms with E-state index in [9.17, 15) is 0 Å². The number of aryl methyl sites for hydroxylation is 1. The first-order valence-corrected chi connectivity index (χ1v) is 6.55. The molecule has 3 heterocycles. The van der Waals surface area contributed by atoms with Gasteiger partial charge in [-0.3, -0.25) is 9.97 Å². The number of pyridine rings is 1. The number of rotatable bonds is 3. The molecular weight excluding hydrogens is 258 g/mol. The molecule has 0 aromatic carbocycles. The normalized spacial score (nSPS) is 10.4. The van der Waals surface area contributed by atoms with Crippen LogP contribution in [0.3, 0.4) is 0 Å². The van der Waals surface area contributed by atoms with Crippen LogP contribution >= 0.6 is 11.3 Å². The van der Waals surface area contributed by atoms with Crippen molar-refractivity contribution in [3.05, 3.63) is 48.8 Å². The molecule has 0 amide bonds. The van der Waals surface area contributed by atoms with E-state index in [1.807, 2.05) is 19.1 Å². The van der Waals surface area contributed by atoms with Gasteiger partial charge in [0.2, 0.25) is 0 Å². The number of nitrogens with one attached hydrogen (secondary N) is 1. The highest BCUT2D eigenvalue weighted by molar-refractivity contribution is 7.19. The summed E-state index contributed by atoms with van der Waals surface area (Å²) in [5, 5.41) is 3.96. The Balaban J connectivity index is 1.90. The third-order valence-corrected chi connectivity index (χ3v) is 3.66. The van der Waals surface area contributed by atoms with Crippen LogP contribution < -0.4 is 5.32 Å². The van der Waals surface area contributed by atoms with Crippen LogP contribution in [0.15, 0.2) is 43.1 Å². The van der Waals surface area contributed by atoms with Gasteiger partial charge in [0, 0.05) is 24.8 Å². The number of hydrogen-bond acceptors (Lipinski definition) is 6. The van der Waals surface area contributed by atoms with Gasteiger partial charge in [-0.1, -0.05) is 11.3 Å². The topological polar surface area (TPSA) is 63.6 Å². The van der Waals surface area contributed by atoms with Crippen molar-refractivity contribution in [2.75, 3.05) is 5.32 Å². The van der Waals surface area contributed by atoms with Gasteiger partial charge in [-0.15, -0.1) is 0 Å². The lowest BCUT2D eigenvalue weighted by Gasteiger charge is -1.98. The molecule has 94 valence electrons. The van der Waals surface area contributed by atoms with Crippen molar-refractivity contribution in [2.45, 2.75) is 6.92 Å². The number of thiazole rings is 1. The summed E-state index contributed by atoms with van der Waals surface area (Å²) in [5.41, 5.74) is 2.11. The largest absolute Gasteiger partial charge is 0.315 e. The van der Waals surface area contributed by atoms with Gasteiger partial charge in [0.25, 0.3) is 0 Å². The number of anilines is 2. The van der Waals surface area contributed by atoms with E-state index in [2.05, 4.69) is 25.3 Å². The molecule has 0 aliphatic rings. The Hall–Kier alpha value is -2.34. The summed E-state index contributed by atoms with van der Waals surface area (Å²) in [5.74, 6) is 0.692. The van der Waals surface area contributed by atoms with E-state index in [-0.39, 0.29) is 0 Å². The molecule has 1 N–H and O–H groups in total. The van der Waals surface area contributed by atoms with E-state index >= 15 is 0 Å². The molecule has 6 heteroatoms. The fourth-order valence-corrected chi connectivity index (χ4v) is 2.67. The second-order valence-corrected chi connectivity index (χ2v) is 4.88. The van der Waals surface area contributed by atoms with Crippen LogP contribution in [0, 0.1) is 6.92 Å². The molecule has 0 bridgehead atoms. The predicted molar refractivity (Wildman–Crippen MR) is 75.4 cm³/mol. The molecule has 3 rings (SSSR count). The van der Waals surface area contributed by atoms with Crippen LogP contribution in [0.1, 0.15) is 5.69 Å². The van der Waals surface area contributed by atoms with Crippen molar-refractivity contribution in [2.24, 2.45) is 0 Å². The first-order chi connectivity index (χ1) is 9.33. The summed E-state index contributed by atoms with van der Waals surface area (Å²) < 4.78 is 0. The van der Waals surface area contributed by atoms with Crippen molar-refractivity contribution >= 4 is 22.3 Å². The minimum atomic E-state index is 0.692. The summed E-state index contributed by atoms with van der Waals surface area (Å²) in [4.78, 5) is 17.8. The highest BCUT2D eigenvalue weighted by Gasteiger charge is 2.09. The first-order valence-electron chi connectivity index (χ1n) is 5.74. The lowest BCUT2D eigenvalue weighted by Crippen LogP contribution is -1.92. The Bertz CT molecular complexity index is 666. The molecule has 0 unspecified atom stereocenters. The summed E-state index contributed by atoms with van der Waals surface area (Å²) in [6.45, 7) is 1.99. The van der Waals surface area contributed by atoms with Gasteiger partial charge in [0.05, 0.1) is 16.8 Å². The van der Waals surface area contributed by atoms with Crippen LogP contribution in [0.4, 0.5) is 10.9 Å². The summed E-state index contributed by atoms with van der Waals surface area (Å²) >= 11 is 1.59. The maximum atomic E-state index is 4.50. The van der Waals surface area contributed by atoms with Crippen LogP contribution in [0.5, 0.6) is 0 Å². The van der Waals surface area contributed by atoms with Crippen LogP contribution in [0.25, 0.3) is 10.4 Å². The quantitative estimate of drug-likeness (QED) is 0.791. The van der Waals surface area contributed by atoms with Gasteiger partial charge in [-0.05, 0) is 24.6 Å². The van der Waals surface area contributed by atoms with E-state index in [1.54, 1.807) is 42.3 Å². The third-order valence-electron chi connectivity index (χ3n) is 2.54. The SMILES string of the molecule is Cc1nc(Nc2cnccn2)sc1-c1ccncc1. The van der Waals surface area contributed by atoms with E-state index < -0.39 is 0 Å². The Labute approximate surface area is 114 Å². The summed E-state index contributed by atoms with van der Waals surface area (Å²) in [7, 11) is 0. The average molecular weight is 269 g/mol. The van der Waals surface area contributed by atoms with Gasteiger partial charge in [0.1, 0.15) is 0 Å². The predicted octanol–water partition coefficient (Wildman–Crippen LogP) is 3.05. The molecule has 0 saturated heterocycles. The molecular formula is C13H11N5S. The zero-order valence-electron chi connectivity index (χ0n) is 10.2. The molecule has 0 atom stereocenters. The zero-order valence-corrected chi connectivity index (χ0v) is 11.1. The minimum Gasteiger partial charge on any atom is -0.315 e. The van der Waals surface area contributed by atoms with Crippen molar-refractivity contribution in [3.8, 4) is 10.4 Å². The van der Waals surface area contributed by atoms with Gasteiger partial charge >= 0.3 is 0 Å². The van der Waals surface area contributed by atoms with E-state index in [0.717, 1.165) is 21.3 Å². The van der Waals surface area contributed by atoms with Crippen molar-refractivity contribution in [1.82, 2.24) is 19.9 Å². The Morgan fingerprint density at radius 2 is 1.89 bits per heavy atom. The molecule has 0 saturated carbocycles. The zero-order chi connectivity index (χ0) is 13.1. The third kappa shape index (κ3) is 2.58. The van der Waals surface area contributed by atoms with E-state index in [1.165, 1.54) is 0 Å². The molecule has 19 heavy (non-hydrogen) atoms. The van der Waals surface area contributed by atoms with Crippen LogP contribution in [0.2, 0.25) is 0 Å². The number of hydrogen-bond donors (Lipinski definition) is 1. The monoisotopic (exact) mass is 269 g/mol. The van der Waals surface area contributed by atoms with Gasteiger partial charge in [-0.2, -0.15) is 0 Å². The van der Waals surface area contributed by atoms with Crippen LogP contribution in [-0.2, 0) is 0 Å². The van der Waals surface area contributed by atoms with E-state index in [4.69, 9.17) is 0 Å². The van der Waals surface area contributed by atoms with Gasteiger partial charge in [0.15, 0.2) is 10.9 Å². The molecule has 0 radical (unpaired) electrons. The minimum absolute atomic E-state index is 0.692. The van der Waals surface area contributed by atoms with E-state index in [0.29, 0.717) is 5.82 Å². The maximum absolute atomic E-state index is 4.50. The lowest BCUT2D eigenvalue weighted by molar-refractivity contribution is 1.18. The smallest absolute Gasteiger partial charge is 0.189 e. The second kappa shape index (κ2) is 5.11. The van der Waals surface area contributed by atoms with Crippen molar-refractivity contribution < 1.29 is 0 Å². The lowest BCUT2D eigenvalue weighted by atomic mass is 10.2. The highest BCUT2D eigenvalue weighted by Crippen LogP contribution is 2.33. The fraction of sp³-hybridized carbons (Fsp3) is 0.0769. The molecule has 3 aromatic heterocycles. The Kier molecular flexibility index (Phi) is 3.16. The van der Waals surface area contributed by atoms with Crippen molar-refractivity contribution in [1.29, 1.82) is 0 Å².